The van der Waals surface area contributed by atoms with Gasteiger partial charge in [0.1, 0.15) is 5.82 Å². The van der Waals surface area contributed by atoms with Gasteiger partial charge in [0.2, 0.25) is 0 Å². The lowest BCUT2D eigenvalue weighted by Crippen LogP contribution is -1.94. The van der Waals surface area contributed by atoms with E-state index in [0.29, 0.717) is 0 Å². The van der Waals surface area contributed by atoms with Crippen molar-refractivity contribution in [2.75, 3.05) is 0 Å². The number of hydrogen-bond donors (Lipinski definition) is 1. The van der Waals surface area contributed by atoms with E-state index in [0.717, 1.165) is 28.6 Å². The van der Waals surface area contributed by atoms with Crippen LogP contribution in [-0.4, -0.2) is 10.7 Å². The Morgan fingerprint density at radius 2 is 2.27 bits per heavy atom. The summed E-state index contributed by atoms with van der Waals surface area (Å²) in [6.07, 6.45) is 6.55. The fourth-order valence-corrected chi connectivity index (χ4v) is 1.88. The summed E-state index contributed by atoms with van der Waals surface area (Å²) in [5.74, 6) is -0.220. The van der Waals surface area contributed by atoms with Crippen molar-refractivity contribution in [3.8, 4) is 0 Å². The number of aromatic amines is 1. The van der Waals surface area contributed by atoms with Gasteiger partial charge in [-0.2, -0.15) is 0 Å². The van der Waals surface area contributed by atoms with Crippen LogP contribution >= 0.6 is 0 Å². The number of H-pyrrole nitrogens is 1. The van der Waals surface area contributed by atoms with Crippen molar-refractivity contribution in [2.45, 2.75) is 6.42 Å². The highest BCUT2D eigenvalue weighted by molar-refractivity contribution is 6.12. The Hall–Kier alpha value is -1.90. The zero-order valence-corrected chi connectivity index (χ0v) is 8.00. The molecule has 0 bridgehead atoms. The summed E-state index contributed by atoms with van der Waals surface area (Å²) in [4.78, 5) is 7.33. The number of aliphatic imine (C=N–C) groups is 1. The molecule has 0 amide bonds. The van der Waals surface area contributed by atoms with Gasteiger partial charge in [-0.1, -0.05) is 6.08 Å². The molecule has 1 aliphatic heterocycles. The molecular formula is C12H9FN2. The lowest BCUT2D eigenvalue weighted by Gasteiger charge is -1.97. The highest BCUT2D eigenvalue weighted by Crippen LogP contribution is 2.22. The monoisotopic (exact) mass is 200 g/mol. The molecule has 0 spiro atoms. The van der Waals surface area contributed by atoms with Gasteiger partial charge in [-0.15, -0.1) is 0 Å². The molecule has 3 heteroatoms. The van der Waals surface area contributed by atoms with E-state index >= 15 is 0 Å². The number of nitrogens with one attached hydrogen (secondary N) is 1. The van der Waals surface area contributed by atoms with E-state index < -0.39 is 0 Å². The van der Waals surface area contributed by atoms with Gasteiger partial charge in [0.15, 0.2) is 0 Å². The maximum Gasteiger partial charge on any atom is 0.125 e. The molecule has 3 rings (SSSR count). The number of aromatic nitrogens is 1. The van der Waals surface area contributed by atoms with Crippen molar-refractivity contribution in [1.82, 2.24) is 4.98 Å². The van der Waals surface area contributed by atoms with E-state index in [1.165, 1.54) is 12.1 Å². The second-order valence-corrected chi connectivity index (χ2v) is 3.56. The maximum atomic E-state index is 13.0. The number of allylic oxidation sites excluding steroid dienone is 1. The number of halogens is 1. The first-order chi connectivity index (χ1) is 7.34. The fourth-order valence-electron chi connectivity index (χ4n) is 1.88. The normalized spacial score (nSPS) is 14.9. The zero-order valence-electron chi connectivity index (χ0n) is 8.00. The third-order valence-electron chi connectivity index (χ3n) is 2.60. The Balaban J connectivity index is 2.20. The van der Waals surface area contributed by atoms with Gasteiger partial charge >= 0.3 is 0 Å². The van der Waals surface area contributed by atoms with Gasteiger partial charge in [0, 0.05) is 35.3 Å². The van der Waals surface area contributed by atoms with E-state index in [4.69, 9.17) is 0 Å². The van der Waals surface area contributed by atoms with Gasteiger partial charge in [0.25, 0.3) is 0 Å². The Morgan fingerprint density at radius 1 is 1.33 bits per heavy atom. The molecule has 1 N–H and O–H groups in total. The first-order valence-corrected chi connectivity index (χ1v) is 4.83. The SMILES string of the molecule is Fc1ccc2c(C3=NC=CC3)c[nH]c2c1. The predicted octanol–water partition coefficient (Wildman–Crippen LogP) is 3.01. The van der Waals surface area contributed by atoms with E-state index in [-0.39, 0.29) is 5.82 Å². The van der Waals surface area contributed by atoms with E-state index in [2.05, 4.69) is 9.98 Å². The van der Waals surface area contributed by atoms with Crippen LogP contribution in [0.1, 0.15) is 12.0 Å². The van der Waals surface area contributed by atoms with Crippen molar-refractivity contribution >= 4 is 16.6 Å². The summed E-state index contributed by atoms with van der Waals surface area (Å²) in [7, 11) is 0. The first kappa shape index (κ1) is 8.41. The molecule has 1 aromatic heterocycles. The minimum Gasteiger partial charge on any atom is -0.360 e. The van der Waals surface area contributed by atoms with Crippen molar-refractivity contribution in [3.63, 3.8) is 0 Å². The standard InChI is InChI=1S/C12H9FN2/c13-8-3-4-9-10(7-15-12(9)6-8)11-2-1-5-14-11/h1,3-7,15H,2H2. The van der Waals surface area contributed by atoms with Crippen LogP contribution in [0.15, 0.2) is 41.7 Å². The predicted molar refractivity (Wildman–Crippen MR) is 58.6 cm³/mol. The molecule has 2 aromatic rings. The number of rotatable bonds is 1. The van der Waals surface area contributed by atoms with Crippen LogP contribution in [0.4, 0.5) is 4.39 Å². The zero-order chi connectivity index (χ0) is 10.3. The lowest BCUT2D eigenvalue weighted by atomic mass is 10.1. The summed E-state index contributed by atoms with van der Waals surface area (Å²) < 4.78 is 13.0. The topological polar surface area (TPSA) is 28.1 Å². The highest BCUT2D eigenvalue weighted by Gasteiger charge is 2.11. The molecule has 15 heavy (non-hydrogen) atoms. The van der Waals surface area contributed by atoms with E-state index in [1.54, 1.807) is 12.3 Å². The minimum absolute atomic E-state index is 0.220. The Bertz CT molecular complexity index is 578. The van der Waals surface area contributed by atoms with Gasteiger partial charge in [-0.25, -0.2) is 4.39 Å². The number of nitrogens with zero attached hydrogens (tertiary/aromatic N) is 1. The smallest absolute Gasteiger partial charge is 0.125 e. The molecule has 0 aliphatic carbocycles. The highest BCUT2D eigenvalue weighted by atomic mass is 19.1. The summed E-state index contributed by atoms with van der Waals surface area (Å²) >= 11 is 0. The Labute approximate surface area is 86.1 Å². The average Bonchev–Trinajstić information content (AvgIpc) is 2.82. The Morgan fingerprint density at radius 3 is 3.07 bits per heavy atom. The van der Waals surface area contributed by atoms with E-state index in [9.17, 15) is 4.39 Å². The summed E-state index contributed by atoms with van der Waals surface area (Å²) in [5.41, 5.74) is 2.92. The van der Waals surface area contributed by atoms with Crippen LogP contribution in [0, 0.1) is 5.82 Å². The van der Waals surface area contributed by atoms with Crippen molar-refractivity contribution in [1.29, 1.82) is 0 Å². The first-order valence-electron chi connectivity index (χ1n) is 4.83. The molecule has 0 atom stereocenters. The molecular weight excluding hydrogens is 191 g/mol. The summed E-state index contributed by atoms with van der Waals surface area (Å²) in [6, 6.07) is 4.77. The van der Waals surface area contributed by atoms with Crippen LogP contribution in [0.2, 0.25) is 0 Å². The molecule has 0 saturated heterocycles. The number of benzene rings is 1. The molecule has 0 radical (unpaired) electrons. The molecule has 2 heterocycles. The van der Waals surface area contributed by atoms with Crippen LogP contribution in [-0.2, 0) is 0 Å². The average molecular weight is 200 g/mol. The number of fused-ring (bicyclic) bond motifs is 1. The second kappa shape index (κ2) is 3.05. The summed E-state index contributed by atoms with van der Waals surface area (Å²) in [5, 5.41) is 1.03. The molecule has 74 valence electrons. The van der Waals surface area contributed by atoms with Crippen LogP contribution < -0.4 is 0 Å². The molecule has 2 nitrogen and oxygen atoms in total. The molecule has 0 fully saturated rings. The van der Waals surface area contributed by atoms with Crippen molar-refractivity contribution in [3.05, 3.63) is 48.1 Å². The molecule has 1 aliphatic rings. The van der Waals surface area contributed by atoms with Gasteiger partial charge in [-0.3, -0.25) is 4.99 Å². The van der Waals surface area contributed by atoms with Crippen LogP contribution in [0.5, 0.6) is 0 Å². The fraction of sp³-hybridized carbons (Fsp3) is 0.0833. The van der Waals surface area contributed by atoms with E-state index in [1.807, 2.05) is 12.3 Å². The molecule has 0 unspecified atom stereocenters. The third-order valence-corrected chi connectivity index (χ3v) is 2.60. The summed E-state index contributed by atoms with van der Waals surface area (Å²) in [6.45, 7) is 0. The lowest BCUT2D eigenvalue weighted by molar-refractivity contribution is 0.629. The van der Waals surface area contributed by atoms with Crippen molar-refractivity contribution in [2.24, 2.45) is 4.99 Å². The van der Waals surface area contributed by atoms with Crippen LogP contribution in [0.3, 0.4) is 0 Å². The van der Waals surface area contributed by atoms with Gasteiger partial charge in [-0.05, 0) is 18.2 Å². The third kappa shape index (κ3) is 1.28. The Kier molecular flexibility index (Phi) is 1.71. The van der Waals surface area contributed by atoms with Crippen molar-refractivity contribution < 1.29 is 4.39 Å². The largest absolute Gasteiger partial charge is 0.360 e. The van der Waals surface area contributed by atoms with Crippen LogP contribution in [0.25, 0.3) is 10.9 Å². The van der Waals surface area contributed by atoms with Gasteiger partial charge in [0.05, 0.1) is 5.71 Å². The van der Waals surface area contributed by atoms with Gasteiger partial charge < -0.3 is 4.98 Å². The molecule has 0 saturated carbocycles. The maximum absolute atomic E-state index is 13.0. The second-order valence-electron chi connectivity index (χ2n) is 3.56. The quantitative estimate of drug-likeness (QED) is 0.733. The number of hydrogen-bond acceptors (Lipinski definition) is 1. The minimum atomic E-state index is -0.220. The molecule has 1 aromatic carbocycles.